The van der Waals surface area contributed by atoms with Gasteiger partial charge in [0.15, 0.2) is 23.0 Å². The van der Waals surface area contributed by atoms with E-state index in [2.05, 4.69) is 0 Å². The molecule has 2 aromatic carbocycles. The molecule has 3 aliphatic heterocycles. The number of fused-ring (bicyclic) bond motifs is 1. The Morgan fingerprint density at radius 3 is 2.30 bits per heavy atom. The van der Waals surface area contributed by atoms with Gasteiger partial charge in [0.2, 0.25) is 5.75 Å². The Bertz CT molecular complexity index is 1220. The fraction of sp³-hybridized carbons (Fsp3) is 0.407. The highest BCUT2D eigenvalue weighted by Gasteiger charge is 2.47. The van der Waals surface area contributed by atoms with E-state index >= 15 is 0 Å². The summed E-state index contributed by atoms with van der Waals surface area (Å²) >= 11 is 0. The zero-order valence-electron chi connectivity index (χ0n) is 20.9. The Hall–Kier alpha value is -3.92. The van der Waals surface area contributed by atoms with E-state index in [4.69, 9.17) is 28.4 Å². The molecule has 2 fully saturated rings. The number of hydrogen-bond donors (Lipinski definition) is 1. The van der Waals surface area contributed by atoms with Crippen LogP contribution in [-0.2, 0) is 14.3 Å². The van der Waals surface area contributed by atoms with Crippen molar-refractivity contribution in [1.29, 1.82) is 0 Å². The molecule has 0 aliphatic carbocycles. The number of rotatable bonds is 7. The number of aliphatic hydroxyl groups is 1. The van der Waals surface area contributed by atoms with Gasteiger partial charge >= 0.3 is 0 Å². The maximum Gasteiger partial charge on any atom is 0.295 e. The van der Waals surface area contributed by atoms with Gasteiger partial charge in [0.25, 0.3) is 11.7 Å². The highest BCUT2D eigenvalue weighted by molar-refractivity contribution is 6.46. The molecule has 0 spiro atoms. The Morgan fingerprint density at radius 1 is 0.973 bits per heavy atom. The maximum absolute atomic E-state index is 13.4. The molecule has 0 radical (unpaired) electrons. The molecule has 2 atom stereocenters. The summed E-state index contributed by atoms with van der Waals surface area (Å²) in [5, 5.41) is 11.4. The number of ketones is 1. The third-order valence-electron chi connectivity index (χ3n) is 6.78. The number of carbonyl (C=O) groups is 2. The van der Waals surface area contributed by atoms with E-state index in [-0.39, 0.29) is 24.0 Å². The molecule has 2 saturated heterocycles. The Morgan fingerprint density at radius 2 is 1.68 bits per heavy atom. The van der Waals surface area contributed by atoms with E-state index in [9.17, 15) is 14.7 Å². The van der Waals surface area contributed by atoms with Crippen LogP contribution >= 0.6 is 0 Å². The van der Waals surface area contributed by atoms with E-state index < -0.39 is 17.7 Å². The lowest BCUT2D eigenvalue weighted by atomic mass is 9.94. The van der Waals surface area contributed by atoms with Crippen LogP contribution in [-0.4, -0.2) is 75.5 Å². The summed E-state index contributed by atoms with van der Waals surface area (Å²) in [6, 6.07) is 7.34. The van der Waals surface area contributed by atoms with Crippen LogP contribution in [0.15, 0.2) is 35.9 Å². The maximum atomic E-state index is 13.4. The van der Waals surface area contributed by atoms with Crippen molar-refractivity contribution in [3.05, 3.63) is 47.0 Å². The van der Waals surface area contributed by atoms with Crippen LogP contribution in [0.3, 0.4) is 0 Å². The number of aliphatic hydroxyl groups excluding tert-OH is 1. The molecule has 1 amide bonds. The van der Waals surface area contributed by atoms with Crippen LogP contribution < -0.4 is 23.7 Å². The number of methoxy groups -OCH3 is 3. The zero-order chi connectivity index (χ0) is 26.1. The second-order valence-electron chi connectivity index (χ2n) is 8.90. The van der Waals surface area contributed by atoms with Gasteiger partial charge in [-0.2, -0.15) is 0 Å². The van der Waals surface area contributed by atoms with Crippen molar-refractivity contribution < 1.29 is 43.1 Å². The van der Waals surface area contributed by atoms with Gasteiger partial charge in [0.1, 0.15) is 19.0 Å². The first kappa shape index (κ1) is 24.8. The lowest BCUT2D eigenvalue weighted by Gasteiger charge is -2.28. The Balaban J connectivity index is 1.66. The number of hydrogen-bond acceptors (Lipinski definition) is 9. The normalized spacial score (nSPS) is 22.3. The van der Waals surface area contributed by atoms with Gasteiger partial charge < -0.3 is 38.4 Å². The fourth-order valence-corrected chi connectivity index (χ4v) is 5.03. The molecular weight excluding hydrogens is 482 g/mol. The summed E-state index contributed by atoms with van der Waals surface area (Å²) in [7, 11) is 4.46. The molecule has 10 heteroatoms. The predicted molar refractivity (Wildman–Crippen MR) is 132 cm³/mol. The van der Waals surface area contributed by atoms with E-state index in [0.717, 1.165) is 12.8 Å². The lowest BCUT2D eigenvalue weighted by molar-refractivity contribution is -0.140. The van der Waals surface area contributed by atoms with Gasteiger partial charge in [0.05, 0.1) is 39.0 Å². The number of benzene rings is 2. The van der Waals surface area contributed by atoms with Gasteiger partial charge in [-0.25, -0.2) is 0 Å². The molecule has 0 saturated carbocycles. The van der Waals surface area contributed by atoms with Crippen LogP contribution in [0.1, 0.15) is 30.0 Å². The average molecular weight is 512 g/mol. The first-order chi connectivity index (χ1) is 18.0. The monoisotopic (exact) mass is 511 g/mol. The van der Waals surface area contributed by atoms with Gasteiger partial charge in [0, 0.05) is 18.7 Å². The minimum Gasteiger partial charge on any atom is -0.507 e. The molecule has 196 valence electrons. The van der Waals surface area contributed by atoms with Crippen molar-refractivity contribution in [2.75, 3.05) is 47.7 Å². The third-order valence-corrected chi connectivity index (χ3v) is 6.78. The first-order valence-electron chi connectivity index (χ1n) is 12.1. The fourth-order valence-electron chi connectivity index (χ4n) is 5.03. The SMILES string of the molecule is COc1cc(C2/C(=C(/O)c3ccc4c(c3)OCCO4)C(=O)C(=O)N2CC2CCCO2)cc(OC)c1OC. The number of carbonyl (C=O) groups excluding carboxylic acids is 2. The standard InChI is InChI=1S/C27H29NO9/c1-32-20-12-16(13-21(33-2)26(20)34-3)23-22(25(30)27(31)28(23)14-17-5-4-8-35-17)24(29)15-6-7-18-19(11-15)37-10-9-36-18/h6-7,11-13,17,23,29H,4-5,8-10,14H2,1-3H3/b24-22-. The molecule has 1 N–H and O–H groups in total. The summed E-state index contributed by atoms with van der Waals surface area (Å²) in [6.45, 7) is 1.59. The van der Waals surface area contributed by atoms with Crippen molar-refractivity contribution in [1.82, 2.24) is 4.90 Å². The summed E-state index contributed by atoms with van der Waals surface area (Å²) in [6.07, 6.45) is 1.44. The van der Waals surface area contributed by atoms with Gasteiger partial charge in [-0.05, 0) is 48.7 Å². The Kier molecular flexibility index (Phi) is 6.84. The highest BCUT2D eigenvalue weighted by atomic mass is 16.6. The van der Waals surface area contributed by atoms with Crippen molar-refractivity contribution >= 4 is 17.4 Å². The molecular formula is C27H29NO9. The largest absolute Gasteiger partial charge is 0.507 e. The van der Waals surface area contributed by atoms with Gasteiger partial charge in [-0.15, -0.1) is 0 Å². The third kappa shape index (κ3) is 4.42. The second-order valence-corrected chi connectivity index (χ2v) is 8.90. The number of Topliss-reactive ketones (excluding diaryl/α,β-unsaturated/α-hetero) is 1. The van der Waals surface area contributed by atoms with Crippen LogP contribution in [0.5, 0.6) is 28.7 Å². The first-order valence-corrected chi connectivity index (χ1v) is 12.1. The molecule has 2 unspecified atom stereocenters. The molecule has 0 bridgehead atoms. The molecule has 37 heavy (non-hydrogen) atoms. The average Bonchev–Trinajstić information content (AvgIpc) is 3.53. The topological polar surface area (TPSA) is 113 Å². The zero-order valence-corrected chi connectivity index (χ0v) is 20.9. The predicted octanol–water partition coefficient (Wildman–Crippen LogP) is 3.08. The van der Waals surface area contributed by atoms with E-state index in [1.165, 1.54) is 26.2 Å². The number of amides is 1. The van der Waals surface area contributed by atoms with Crippen LogP contribution in [0.2, 0.25) is 0 Å². The minimum atomic E-state index is -0.911. The molecule has 2 aromatic rings. The van der Waals surface area contributed by atoms with Crippen molar-refractivity contribution in [2.45, 2.75) is 25.0 Å². The molecule has 5 rings (SSSR count). The highest BCUT2D eigenvalue weighted by Crippen LogP contribution is 2.46. The summed E-state index contributed by atoms with van der Waals surface area (Å²) < 4.78 is 33.5. The summed E-state index contributed by atoms with van der Waals surface area (Å²) in [4.78, 5) is 28.2. The van der Waals surface area contributed by atoms with Gasteiger partial charge in [-0.3, -0.25) is 9.59 Å². The lowest BCUT2D eigenvalue weighted by Crippen LogP contribution is -2.36. The van der Waals surface area contributed by atoms with Crippen LogP contribution in [0.25, 0.3) is 5.76 Å². The smallest absolute Gasteiger partial charge is 0.295 e. The molecule has 0 aromatic heterocycles. The van der Waals surface area contributed by atoms with E-state index in [0.29, 0.717) is 59.7 Å². The van der Waals surface area contributed by atoms with E-state index in [1.807, 2.05) is 0 Å². The molecule has 10 nitrogen and oxygen atoms in total. The Labute approximate surface area is 214 Å². The minimum absolute atomic E-state index is 0.0473. The van der Waals surface area contributed by atoms with Crippen molar-refractivity contribution in [3.63, 3.8) is 0 Å². The van der Waals surface area contributed by atoms with Crippen LogP contribution in [0.4, 0.5) is 0 Å². The van der Waals surface area contributed by atoms with E-state index in [1.54, 1.807) is 30.3 Å². The molecule has 3 aliphatic rings. The van der Waals surface area contributed by atoms with Gasteiger partial charge in [-0.1, -0.05) is 0 Å². The number of nitrogens with zero attached hydrogens (tertiary/aromatic N) is 1. The van der Waals surface area contributed by atoms with Crippen LogP contribution in [0, 0.1) is 0 Å². The quantitative estimate of drug-likeness (QED) is 0.340. The summed E-state index contributed by atoms with van der Waals surface area (Å²) in [5.41, 5.74) is 0.802. The number of ether oxygens (including phenoxy) is 6. The second kappa shape index (κ2) is 10.2. The number of likely N-dealkylation sites (tertiary alicyclic amines) is 1. The summed E-state index contributed by atoms with van der Waals surface area (Å²) in [5.74, 6) is 0.270. The van der Waals surface area contributed by atoms with Crippen molar-refractivity contribution in [2.24, 2.45) is 0 Å². The van der Waals surface area contributed by atoms with Crippen molar-refractivity contribution in [3.8, 4) is 28.7 Å². The molecule has 3 heterocycles.